The minimum absolute atomic E-state index is 0.680. The molecule has 0 fully saturated rings. The number of benzene rings is 3. The van der Waals surface area contributed by atoms with Crippen LogP contribution in [0.15, 0.2) is 85.2 Å². The average molecular weight is 378 g/mol. The van der Waals surface area contributed by atoms with E-state index in [1.807, 2.05) is 6.07 Å². The number of hydrogen-bond acceptors (Lipinski definition) is 4. The van der Waals surface area contributed by atoms with E-state index >= 15 is 0 Å². The standard InChI is InChI=1S/C25H22N4/c1-18-13-19(2)15-21(14-18)20-7-6-10-23(16-20)29-17-28(22-8-4-3-5-9-22)24-25(29)27-12-11-26-24/h3-16H,17H2,1-2H3. The van der Waals surface area contributed by atoms with Crippen LogP contribution in [-0.4, -0.2) is 16.6 Å². The summed E-state index contributed by atoms with van der Waals surface area (Å²) in [5.41, 5.74) is 7.22. The highest BCUT2D eigenvalue weighted by atomic mass is 15.4. The summed E-state index contributed by atoms with van der Waals surface area (Å²) in [4.78, 5) is 13.7. The number of anilines is 4. The minimum atomic E-state index is 0.680. The predicted molar refractivity (Wildman–Crippen MR) is 119 cm³/mol. The number of aromatic nitrogens is 2. The van der Waals surface area contributed by atoms with E-state index in [9.17, 15) is 0 Å². The molecule has 0 bridgehead atoms. The van der Waals surface area contributed by atoms with Gasteiger partial charge in [-0.15, -0.1) is 0 Å². The van der Waals surface area contributed by atoms with Gasteiger partial charge in [0.2, 0.25) is 0 Å². The van der Waals surface area contributed by atoms with E-state index in [4.69, 9.17) is 0 Å². The van der Waals surface area contributed by atoms with Crippen LogP contribution >= 0.6 is 0 Å². The molecule has 1 aliphatic rings. The predicted octanol–water partition coefficient (Wildman–Crippen LogP) is 6.01. The van der Waals surface area contributed by atoms with Crippen LogP contribution in [0, 0.1) is 13.8 Å². The van der Waals surface area contributed by atoms with E-state index < -0.39 is 0 Å². The maximum Gasteiger partial charge on any atom is 0.178 e. The molecule has 4 aromatic rings. The van der Waals surface area contributed by atoms with Gasteiger partial charge in [-0.1, -0.05) is 59.7 Å². The molecule has 0 atom stereocenters. The molecule has 4 nitrogen and oxygen atoms in total. The number of rotatable bonds is 3. The van der Waals surface area contributed by atoms with Crippen LogP contribution in [-0.2, 0) is 0 Å². The van der Waals surface area contributed by atoms with E-state index in [1.54, 1.807) is 12.4 Å². The van der Waals surface area contributed by atoms with Gasteiger partial charge in [-0.05, 0) is 49.2 Å². The first-order chi connectivity index (χ1) is 14.2. The molecule has 5 rings (SSSR count). The second-order valence-corrected chi connectivity index (χ2v) is 7.46. The molecule has 0 unspecified atom stereocenters. The molecule has 1 aromatic heterocycles. The summed E-state index contributed by atoms with van der Waals surface area (Å²) in [5.74, 6) is 1.77. The van der Waals surface area contributed by atoms with E-state index in [2.05, 4.69) is 100 Å². The molecule has 142 valence electrons. The lowest BCUT2D eigenvalue weighted by atomic mass is 10.0. The normalized spacial score (nSPS) is 12.9. The Morgan fingerprint density at radius 3 is 1.93 bits per heavy atom. The maximum atomic E-state index is 4.65. The largest absolute Gasteiger partial charge is 0.305 e. The SMILES string of the molecule is Cc1cc(C)cc(-c2cccc(N3CN(c4ccccc4)c4nccnc43)c2)c1. The first-order valence-corrected chi connectivity index (χ1v) is 9.79. The molecule has 0 amide bonds. The Morgan fingerprint density at radius 1 is 0.621 bits per heavy atom. The van der Waals surface area contributed by atoms with Crippen molar-refractivity contribution in [2.75, 3.05) is 16.5 Å². The maximum absolute atomic E-state index is 4.65. The lowest BCUT2D eigenvalue weighted by Crippen LogP contribution is -2.24. The van der Waals surface area contributed by atoms with Gasteiger partial charge in [0.25, 0.3) is 0 Å². The van der Waals surface area contributed by atoms with Gasteiger partial charge < -0.3 is 9.80 Å². The fraction of sp³-hybridized carbons (Fsp3) is 0.120. The molecule has 0 N–H and O–H groups in total. The van der Waals surface area contributed by atoms with Gasteiger partial charge in [-0.2, -0.15) is 0 Å². The van der Waals surface area contributed by atoms with Crippen molar-refractivity contribution in [3.05, 3.63) is 96.3 Å². The molecular weight excluding hydrogens is 356 g/mol. The first kappa shape index (κ1) is 17.4. The molecular formula is C25H22N4. The van der Waals surface area contributed by atoms with E-state index in [-0.39, 0.29) is 0 Å². The molecule has 0 aliphatic carbocycles. The van der Waals surface area contributed by atoms with Crippen LogP contribution in [0.5, 0.6) is 0 Å². The highest BCUT2D eigenvalue weighted by molar-refractivity contribution is 5.83. The molecule has 1 aliphatic heterocycles. The Bertz CT molecular complexity index is 1150. The first-order valence-electron chi connectivity index (χ1n) is 9.79. The van der Waals surface area contributed by atoms with Gasteiger partial charge in [-0.3, -0.25) is 0 Å². The fourth-order valence-corrected chi connectivity index (χ4v) is 3.99. The van der Waals surface area contributed by atoms with Crippen LogP contribution in [0.2, 0.25) is 0 Å². The molecule has 3 aromatic carbocycles. The highest BCUT2D eigenvalue weighted by Crippen LogP contribution is 2.41. The van der Waals surface area contributed by atoms with Gasteiger partial charge >= 0.3 is 0 Å². The highest BCUT2D eigenvalue weighted by Gasteiger charge is 2.30. The smallest absolute Gasteiger partial charge is 0.178 e. The Labute approximate surface area is 171 Å². The summed E-state index contributed by atoms with van der Waals surface area (Å²) in [5, 5.41) is 0. The van der Waals surface area contributed by atoms with Crippen molar-refractivity contribution in [3.63, 3.8) is 0 Å². The summed E-state index contributed by atoms with van der Waals surface area (Å²) in [6.07, 6.45) is 3.51. The van der Waals surface area contributed by atoms with Crippen molar-refractivity contribution in [2.45, 2.75) is 13.8 Å². The molecule has 0 spiro atoms. The molecule has 0 saturated carbocycles. The third-order valence-electron chi connectivity index (χ3n) is 5.24. The number of aryl methyl sites for hydroxylation is 2. The Hall–Kier alpha value is -3.66. The van der Waals surface area contributed by atoms with Gasteiger partial charge in [-0.25, -0.2) is 9.97 Å². The van der Waals surface area contributed by atoms with Gasteiger partial charge in [0.05, 0.1) is 0 Å². The van der Waals surface area contributed by atoms with Crippen molar-refractivity contribution >= 4 is 23.0 Å². The third kappa shape index (κ3) is 3.23. The van der Waals surface area contributed by atoms with Gasteiger partial charge in [0, 0.05) is 23.8 Å². The van der Waals surface area contributed by atoms with E-state index in [0.29, 0.717) is 6.67 Å². The Balaban J connectivity index is 1.56. The zero-order valence-corrected chi connectivity index (χ0v) is 16.6. The topological polar surface area (TPSA) is 32.3 Å². The quantitative estimate of drug-likeness (QED) is 0.437. The number of hydrogen-bond donors (Lipinski definition) is 0. The summed E-state index contributed by atoms with van der Waals surface area (Å²) in [6, 6.07) is 25.7. The molecule has 2 heterocycles. The fourth-order valence-electron chi connectivity index (χ4n) is 3.99. The molecule has 0 radical (unpaired) electrons. The Morgan fingerprint density at radius 2 is 1.24 bits per heavy atom. The summed E-state index contributed by atoms with van der Waals surface area (Å²) < 4.78 is 0. The monoisotopic (exact) mass is 378 g/mol. The van der Waals surface area contributed by atoms with Crippen LogP contribution in [0.3, 0.4) is 0 Å². The average Bonchev–Trinajstić information content (AvgIpc) is 3.14. The number of nitrogens with zero attached hydrogens (tertiary/aromatic N) is 4. The number of para-hydroxylation sites is 1. The molecule has 0 saturated heterocycles. The van der Waals surface area contributed by atoms with Crippen molar-refractivity contribution in [3.8, 4) is 11.1 Å². The summed E-state index contributed by atoms with van der Waals surface area (Å²) >= 11 is 0. The second kappa shape index (κ2) is 7.06. The van der Waals surface area contributed by atoms with E-state index in [0.717, 1.165) is 23.0 Å². The van der Waals surface area contributed by atoms with Gasteiger partial charge in [0.15, 0.2) is 11.6 Å². The van der Waals surface area contributed by atoms with Crippen LogP contribution < -0.4 is 9.80 Å². The lowest BCUT2D eigenvalue weighted by Gasteiger charge is -2.21. The zero-order valence-electron chi connectivity index (χ0n) is 16.6. The van der Waals surface area contributed by atoms with Gasteiger partial charge in [0.1, 0.15) is 6.67 Å². The van der Waals surface area contributed by atoms with Crippen molar-refractivity contribution in [1.29, 1.82) is 0 Å². The summed E-state index contributed by atoms with van der Waals surface area (Å²) in [7, 11) is 0. The second-order valence-electron chi connectivity index (χ2n) is 7.46. The molecule has 4 heteroatoms. The lowest BCUT2D eigenvalue weighted by molar-refractivity contribution is 0.976. The van der Waals surface area contributed by atoms with Crippen molar-refractivity contribution in [2.24, 2.45) is 0 Å². The van der Waals surface area contributed by atoms with Crippen molar-refractivity contribution < 1.29 is 0 Å². The Kier molecular flexibility index (Phi) is 4.24. The summed E-state index contributed by atoms with van der Waals surface area (Å²) in [6.45, 7) is 4.97. The number of fused-ring (bicyclic) bond motifs is 1. The molecule has 29 heavy (non-hydrogen) atoms. The minimum Gasteiger partial charge on any atom is -0.305 e. The van der Waals surface area contributed by atoms with Crippen molar-refractivity contribution in [1.82, 2.24) is 9.97 Å². The van der Waals surface area contributed by atoms with Crippen LogP contribution in [0.1, 0.15) is 11.1 Å². The zero-order chi connectivity index (χ0) is 19.8. The van der Waals surface area contributed by atoms with E-state index in [1.165, 1.54) is 22.3 Å². The van der Waals surface area contributed by atoms with Crippen LogP contribution in [0.25, 0.3) is 11.1 Å². The van der Waals surface area contributed by atoms with Crippen LogP contribution in [0.4, 0.5) is 23.0 Å². The third-order valence-corrected chi connectivity index (χ3v) is 5.24.